The quantitative estimate of drug-likeness (QED) is 0.851. The second kappa shape index (κ2) is 5.99. The molecule has 0 saturated heterocycles. The van der Waals surface area contributed by atoms with Crippen molar-refractivity contribution in [3.8, 4) is 0 Å². The Balaban J connectivity index is 2.03. The summed E-state index contributed by atoms with van der Waals surface area (Å²) in [5, 5.41) is 10.2. The summed E-state index contributed by atoms with van der Waals surface area (Å²) < 4.78 is 0. The van der Waals surface area contributed by atoms with E-state index in [1.54, 1.807) is 0 Å². The molecule has 17 heavy (non-hydrogen) atoms. The van der Waals surface area contributed by atoms with Gasteiger partial charge in [-0.3, -0.25) is 0 Å². The van der Waals surface area contributed by atoms with Crippen LogP contribution in [0.3, 0.4) is 0 Å². The molecule has 0 bridgehead atoms. The molecule has 0 aliphatic carbocycles. The first-order valence-corrected chi connectivity index (χ1v) is 6.60. The van der Waals surface area contributed by atoms with Crippen LogP contribution < -0.4 is 0 Å². The van der Waals surface area contributed by atoms with Gasteiger partial charge >= 0.3 is 0 Å². The van der Waals surface area contributed by atoms with Crippen LogP contribution in [0.2, 0.25) is 0 Å². The predicted molar refractivity (Wildman–Crippen MR) is 74.3 cm³/mol. The van der Waals surface area contributed by atoms with Crippen LogP contribution in [0.1, 0.15) is 17.2 Å². The lowest BCUT2D eigenvalue weighted by molar-refractivity contribution is 0.176. The average molecular weight is 291 g/mol. The van der Waals surface area contributed by atoms with Crippen molar-refractivity contribution in [3.05, 3.63) is 71.8 Å². The molecule has 0 saturated carbocycles. The molecule has 0 heterocycles. The van der Waals surface area contributed by atoms with Crippen molar-refractivity contribution in [1.29, 1.82) is 0 Å². The lowest BCUT2D eigenvalue weighted by Crippen LogP contribution is -2.14. The molecule has 88 valence electrons. The molecule has 2 heteroatoms. The van der Waals surface area contributed by atoms with E-state index in [1.807, 2.05) is 48.5 Å². The summed E-state index contributed by atoms with van der Waals surface area (Å²) in [5.74, 6) is 0. The number of hydrogen-bond acceptors (Lipinski definition) is 1. The Labute approximate surface area is 110 Å². The van der Waals surface area contributed by atoms with Crippen LogP contribution in [-0.4, -0.2) is 9.93 Å². The van der Waals surface area contributed by atoms with Crippen LogP contribution in [0, 0.1) is 0 Å². The van der Waals surface area contributed by atoms with E-state index in [0.717, 1.165) is 12.0 Å². The van der Waals surface area contributed by atoms with E-state index in [2.05, 4.69) is 28.1 Å². The van der Waals surface area contributed by atoms with Gasteiger partial charge in [-0.25, -0.2) is 0 Å². The van der Waals surface area contributed by atoms with Gasteiger partial charge < -0.3 is 5.11 Å². The first kappa shape index (κ1) is 12.3. The molecule has 0 fully saturated rings. The van der Waals surface area contributed by atoms with Crippen LogP contribution >= 0.6 is 15.9 Å². The van der Waals surface area contributed by atoms with Crippen LogP contribution in [0.15, 0.2) is 60.7 Å². The molecule has 1 N–H and O–H groups in total. The van der Waals surface area contributed by atoms with Gasteiger partial charge in [-0.1, -0.05) is 76.6 Å². The van der Waals surface area contributed by atoms with Gasteiger partial charge in [0.1, 0.15) is 0 Å². The highest BCUT2D eigenvalue weighted by atomic mass is 79.9. The molecular formula is C15H15BrO. The van der Waals surface area contributed by atoms with Crippen LogP contribution in [0.25, 0.3) is 0 Å². The Morgan fingerprint density at radius 2 is 1.41 bits per heavy atom. The lowest BCUT2D eigenvalue weighted by Gasteiger charge is -2.17. The van der Waals surface area contributed by atoms with Gasteiger partial charge in [0.15, 0.2) is 0 Å². The summed E-state index contributed by atoms with van der Waals surface area (Å²) >= 11 is 3.57. The monoisotopic (exact) mass is 290 g/mol. The molecule has 0 unspecified atom stereocenters. The van der Waals surface area contributed by atoms with Crippen molar-refractivity contribution in [1.82, 2.24) is 0 Å². The third-order valence-corrected chi connectivity index (χ3v) is 3.58. The molecule has 2 rings (SSSR count). The predicted octanol–water partition coefficient (Wildman–Crippen LogP) is 3.73. The van der Waals surface area contributed by atoms with Crippen molar-refractivity contribution >= 4 is 15.9 Å². The van der Waals surface area contributed by atoms with Gasteiger partial charge in [0, 0.05) is 4.83 Å². The highest BCUT2D eigenvalue weighted by Gasteiger charge is 2.17. The maximum atomic E-state index is 10.2. The zero-order valence-electron chi connectivity index (χ0n) is 9.46. The van der Waals surface area contributed by atoms with Gasteiger partial charge in [-0.05, 0) is 17.5 Å². The molecule has 0 radical (unpaired) electrons. The Morgan fingerprint density at radius 3 is 2.00 bits per heavy atom. The molecule has 0 aromatic heterocycles. The smallest absolute Gasteiger partial charge is 0.0918 e. The highest BCUT2D eigenvalue weighted by Crippen LogP contribution is 2.25. The number of rotatable bonds is 4. The van der Waals surface area contributed by atoms with Crippen molar-refractivity contribution in [2.24, 2.45) is 0 Å². The molecule has 0 aliphatic heterocycles. The van der Waals surface area contributed by atoms with E-state index in [-0.39, 0.29) is 4.83 Å². The fourth-order valence-electron chi connectivity index (χ4n) is 1.81. The second-order valence-electron chi connectivity index (χ2n) is 4.06. The summed E-state index contributed by atoms with van der Waals surface area (Å²) in [5.41, 5.74) is 2.18. The van der Waals surface area contributed by atoms with E-state index < -0.39 is 6.10 Å². The Hall–Kier alpha value is -1.12. The molecule has 2 aromatic rings. The second-order valence-corrected chi connectivity index (χ2v) is 5.24. The molecule has 2 aromatic carbocycles. The van der Waals surface area contributed by atoms with E-state index in [9.17, 15) is 5.11 Å². The van der Waals surface area contributed by atoms with E-state index in [4.69, 9.17) is 0 Å². The summed E-state index contributed by atoms with van der Waals surface area (Å²) in [6.07, 6.45) is 0.341. The third kappa shape index (κ3) is 3.42. The molecule has 0 spiro atoms. The number of aliphatic hydroxyl groups is 1. The number of benzene rings is 2. The number of hydrogen-bond donors (Lipinski definition) is 1. The van der Waals surface area contributed by atoms with Gasteiger partial charge in [-0.15, -0.1) is 0 Å². The van der Waals surface area contributed by atoms with Gasteiger partial charge in [0.25, 0.3) is 0 Å². The third-order valence-electron chi connectivity index (χ3n) is 2.76. The maximum Gasteiger partial charge on any atom is 0.0918 e. The Bertz CT molecular complexity index is 441. The summed E-state index contributed by atoms with van der Waals surface area (Å²) in [6.45, 7) is 0. The summed E-state index contributed by atoms with van der Waals surface area (Å²) in [7, 11) is 0. The number of alkyl halides is 1. The Morgan fingerprint density at radius 1 is 0.882 bits per heavy atom. The topological polar surface area (TPSA) is 20.2 Å². The minimum absolute atomic E-state index is 0.0345. The van der Waals surface area contributed by atoms with Crippen LogP contribution in [0.5, 0.6) is 0 Å². The zero-order valence-corrected chi connectivity index (χ0v) is 11.0. The Kier molecular flexibility index (Phi) is 4.35. The van der Waals surface area contributed by atoms with Crippen molar-refractivity contribution in [2.75, 3.05) is 0 Å². The first-order chi connectivity index (χ1) is 8.27. The highest BCUT2D eigenvalue weighted by molar-refractivity contribution is 9.09. The summed E-state index contributed by atoms with van der Waals surface area (Å²) in [6, 6.07) is 19.9. The molecular weight excluding hydrogens is 276 g/mol. The van der Waals surface area contributed by atoms with E-state index >= 15 is 0 Å². The van der Waals surface area contributed by atoms with E-state index in [1.165, 1.54) is 5.56 Å². The first-order valence-electron chi connectivity index (χ1n) is 5.68. The standard InChI is InChI=1S/C15H15BrO/c16-14(11-12-7-3-1-4-8-12)15(17)13-9-5-2-6-10-13/h1-10,14-15,17H,11H2/t14-,15+/m1/s1. The SMILES string of the molecule is O[C@@H](c1ccccc1)[C@H](Br)Cc1ccccc1. The molecule has 0 amide bonds. The maximum absolute atomic E-state index is 10.2. The van der Waals surface area contributed by atoms with E-state index in [0.29, 0.717) is 0 Å². The zero-order chi connectivity index (χ0) is 12.1. The van der Waals surface area contributed by atoms with Crippen LogP contribution in [-0.2, 0) is 6.42 Å². The normalized spacial score (nSPS) is 14.2. The van der Waals surface area contributed by atoms with Crippen molar-refractivity contribution in [3.63, 3.8) is 0 Å². The lowest BCUT2D eigenvalue weighted by atomic mass is 10.0. The summed E-state index contributed by atoms with van der Waals surface area (Å²) in [4.78, 5) is 0.0345. The van der Waals surface area contributed by atoms with Crippen molar-refractivity contribution < 1.29 is 5.11 Å². The molecule has 1 nitrogen and oxygen atoms in total. The fraction of sp³-hybridized carbons (Fsp3) is 0.200. The number of aliphatic hydroxyl groups excluding tert-OH is 1. The van der Waals surface area contributed by atoms with Gasteiger partial charge in [-0.2, -0.15) is 0 Å². The van der Waals surface area contributed by atoms with Gasteiger partial charge in [0.05, 0.1) is 6.10 Å². The largest absolute Gasteiger partial charge is 0.387 e. The molecule has 2 atom stereocenters. The van der Waals surface area contributed by atoms with Crippen molar-refractivity contribution in [2.45, 2.75) is 17.4 Å². The minimum atomic E-state index is -0.476. The number of halogens is 1. The van der Waals surface area contributed by atoms with Crippen LogP contribution in [0.4, 0.5) is 0 Å². The fourth-order valence-corrected chi connectivity index (χ4v) is 2.49. The average Bonchev–Trinajstić information content (AvgIpc) is 2.40. The molecule has 0 aliphatic rings. The minimum Gasteiger partial charge on any atom is -0.387 e. The van der Waals surface area contributed by atoms with Gasteiger partial charge in [0.2, 0.25) is 0 Å².